The second-order valence-corrected chi connectivity index (χ2v) is 7.07. The minimum Gasteiger partial charge on any atom is -0.478 e. The van der Waals surface area contributed by atoms with Gasteiger partial charge in [0.1, 0.15) is 0 Å². The monoisotopic (exact) mass is 391 g/mol. The summed E-state index contributed by atoms with van der Waals surface area (Å²) in [6, 6.07) is 18.7. The van der Waals surface area contributed by atoms with Gasteiger partial charge < -0.3 is 10.0 Å². The molecule has 0 aliphatic carbocycles. The Balaban J connectivity index is 1.41. The summed E-state index contributed by atoms with van der Waals surface area (Å²) < 4.78 is 0. The van der Waals surface area contributed by atoms with Gasteiger partial charge in [0.05, 0.1) is 11.3 Å². The van der Waals surface area contributed by atoms with Crippen LogP contribution in [0, 0.1) is 0 Å². The highest BCUT2D eigenvalue weighted by Gasteiger charge is 2.10. The highest BCUT2D eigenvalue weighted by molar-refractivity contribution is 5.87. The van der Waals surface area contributed by atoms with Crippen molar-refractivity contribution in [2.24, 2.45) is 0 Å². The predicted octanol–water partition coefficient (Wildman–Crippen LogP) is 3.80. The summed E-state index contributed by atoms with van der Waals surface area (Å²) in [6.07, 6.45) is 2.69. The topological polar surface area (TPSA) is 86.3 Å². The van der Waals surface area contributed by atoms with Crippen LogP contribution in [0.5, 0.6) is 0 Å². The summed E-state index contributed by atoms with van der Waals surface area (Å²) in [5.74, 6) is -0.859. The fourth-order valence-corrected chi connectivity index (χ4v) is 3.13. The Hall–Kier alpha value is -3.41. The lowest BCUT2D eigenvalue weighted by atomic mass is 10.1. The zero-order chi connectivity index (χ0) is 20.6. The van der Waals surface area contributed by atoms with Gasteiger partial charge in [0.25, 0.3) is 0 Å². The molecule has 29 heavy (non-hydrogen) atoms. The number of aromatic carboxylic acids is 1. The molecule has 0 atom stereocenters. The molecule has 0 fully saturated rings. The van der Waals surface area contributed by atoms with Crippen LogP contribution in [-0.4, -0.2) is 45.7 Å². The number of aromatic amines is 1. The van der Waals surface area contributed by atoms with E-state index in [-0.39, 0.29) is 11.5 Å². The molecule has 0 radical (unpaired) electrons. The highest BCUT2D eigenvalue weighted by Crippen LogP contribution is 2.17. The van der Waals surface area contributed by atoms with Crippen LogP contribution < -0.4 is 0 Å². The maximum Gasteiger partial charge on any atom is 0.335 e. The van der Waals surface area contributed by atoms with Crippen molar-refractivity contribution in [1.29, 1.82) is 0 Å². The quantitative estimate of drug-likeness (QED) is 0.581. The van der Waals surface area contributed by atoms with E-state index < -0.39 is 5.97 Å². The van der Waals surface area contributed by atoms with Crippen LogP contribution in [0.1, 0.15) is 34.5 Å². The van der Waals surface area contributed by atoms with Crippen molar-refractivity contribution in [2.75, 3.05) is 13.6 Å². The van der Waals surface area contributed by atoms with Gasteiger partial charge in [-0.25, -0.2) is 4.79 Å². The first-order valence-corrected chi connectivity index (χ1v) is 9.69. The van der Waals surface area contributed by atoms with Crippen molar-refractivity contribution >= 4 is 11.9 Å². The van der Waals surface area contributed by atoms with Crippen LogP contribution in [0.4, 0.5) is 0 Å². The number of hydrogen-bond acceptors (Lipinski definition) is 3. The largest absolute Gasteiger partial charge is 0.478 e. The third kappa shape index (κ3) is 5.78. The van der Waals surface area contributed by atoms with Crippen molar-refractivity contribution in [3.05, 3.63) is 77.5 Å². The predicted molar refractivity (Wildman–Crippen MR) is 112 cm³/mol. The van der Waals surface area contributed by atoms with E-state index >= 15 is 0 Å². The number of nitrogens with zero attached hydrogens (tertiary/aromatic N) is 2. The molecular weight excluding hydrogens is 366 g/mol. The van der Waals surface area contributed by atoms with E-state index in [2.05, 4.69) is 16.3 Å². The number of hydrogen-bond donors (Lipinski definition) is 2. The molecule has 6 nitrogen and oxygen atoms in total. The molecule has 0 spiro atoms. The molecule has 1 heterocycles. The number of carbonyl (C=O) groups is 2. The number of amides is 1. The molecule has 0 bridgehead atoms. The summed E-state index contributed by atoms with van der Waals surface area (Å²) in [5.41, 5.74) is 4.29. The summed E-state index contributed by atoms with van der Waals surface area (Å²) in [6.45, 7) is 0.677. The Morgan fingerprint density at radius 3 is 2.45 bits per heavy atom. The van der Waals surface area contributed by atoms with E-state index in [1.807, 2.05) is 37.4 Å². The first-order valence-electron chi connectivity index (χ1n) is 9.69. The molecular formula is C23H25N3O3. The third-order valence-corrected chi connectivity index (χ3v) is 4.89. The zero-order valence-corrected chi connectivity index (χ0v) is 16.5. The Morgan fingerprint density at radius 1 is 1.03 bits per heavy atom. The van der Waals surface area contributed by atoms with E-state index in [1.165, 1.54) is 0 Å². The number of nitrogens with one attached hydrogen (secondary N) is 1. The molecule has 150 valence electrons. The molecule has 0 saturated carbocycles. The van der Waals surface area contributed by atoms with Crippen molar-refractivity contribution in [1.82, 2.24) is 15.1 Å². The molecule has 0 unspecified atom stereocenters. The van der Waals surface area contributed by atoms with E-state index in [1.54, 1.807) is 29.2 Å². The maximum atomic E-state index is 12.3. The standard InChI is InChI=1S/C23H25N3O3/c1-26(22(27)14-11-17-9-12-19(13-10-17)23(28)29)15-5-8-20-16-21(25-24-20)18-6-3-2-4-7-18/h2-4,6-7,9-10,12-13,16H,5,8,11,14-15H2,1H3,(H,24,25)(H,28,29). The van der Waals surface area contributed by atoms with Crippen LogP contribution in [0.2, 0.25) is 0 Å². The van der Waals surface area contributed by atoms with Gasteiger partial charge in [-0.2, -0.15) is 5.10 Å². The van der Waals surface area contributed by atoms with E-state index in [0.717, 1.165) is 35.4 Å². The van der Waals surface area contributed by atoms with Crippen LogP contribution in [-0.2, 0) is 17.6 Å². The summed E-state index contributed by atoms with van der Waals surface area (Å²) >= 11 is 0. The van der Waals surface area contributed by atoms with Crippen LogP contribution in [0.3, 0.4) is 0 Å². The van der Waals surface area contributed by atoms with Gasteiger partial charge in [0, 0.05) is 31.3 Å². The van der Waals surface area contributed by atoms with Crippen molar-refractivity contribution in [2.45, 2.75) is 25.7 Å². The average molecular weight is 391 g/mol. The van der Waals surface area contributed by atoms with Crippen molar-refractivity contribution in [3.63, 3.8) is 0 Å². The summed E-state index contributed by atoms with van der Waals surface area (Å²) in [4.78, 5) is 25.0. The number of aryl methyl sites for hydroxylation is 2. The molecule has 3 aromatic rings. The Labute approximate surface area is 170 Å². The molecule has 2 N–H and O–H groups in total. The average Bonchev–Trinajstić information content (AvgIpc) is 3.21. The first-order chi connectivity index (χ1) is 14.0. The van der Waals surface area contributed by atoms with Gasteiger partial charge in [-0.15, -0.1) is 0 Å². The fourth-order valence-electron chi connectivity index (χ4n) is 3.13. The van der Waals surface area contributed by atoms with E-state index in [0.29, 0.717) is 19.4 Å². The molecule has 3 rings (SSSR count). The van der Waals surface area contributed by atoms with E-state index in [9.17, 15) is 9.59 Å². The number of H-pyrrole nitrogens is 1. The SMILES string of the molecule is CN(CCCc1cc(-c2ccccc2)n[nH]1)C(=O)CCc1ccc(C(=O)O)cc1. The number of aromatic nitrogens is 2. The molecule has 6 heteroatoms. The van der Waals surface area contributed by atoms with Crippen LogP contribution in [0.25, 0.3) is 11.3 Å². The lowest BCUT2D eigenvalue weighted by Gasteiger charge is -2.17. The molecule has 0 aliphatic rings. The van der Waals surface area contributed by atoms with Gasteiger partial charge >= 0.3 is 5.97 Å². The smallest absolute Gasteiger partial charge is 0.335 e. The lowest BCUT2D eigenvalue weighted by molar-refractivity contribution is -0.129. The minimum absolute atomic E-state index is 0.0851. The van der Waals surface area contributed by atoms with Gasteiger partial charge in [0.15, 0.2) is 0 Å². The maximum absolute atomic E-state index is 12.3. The molecule has 2 aromatic carbocycles. The summed E-state index contributed by atoms with van der Waals surface area (Å²) in [5, 5.41) is 16.4. The van der Waals surface area contributed by atoms with Gasteiger partial charge in [0.2, 0.25) is 5.91 Å². The molecule has 1 amide bonds. The van der Waals surface area contributed by atoms with Crippen LogP contribution in [0.15, 0.2) is 60.7 Å². The van der Waals surface area contributed by atoms with Crippen LogP contribution >= 0.6 is 0 Å². The Bertz CT molecular complexity index is 949. The number of carboxylic acids is 1. The minimum atomic E-state index is -0.944. The van der Waals surface area contributed by atoms with Crippen molar-refractivity contribution in [3.8, 4) is 11.3 Å². The van der Waals surface area contributed by atoms with Gasteiger partial charge in [-0.1, -0.05) is 42.5 Å². The number of rotatable bonds is 9. The lowest BCUT2D eigenvalue weighted by Crippen LogP contribution is -2.28. The fraction of sp³-hybridized carbons (Fsp3) is 0.261. The zero-order valence-electron chi connectivity index (χ0n) is 16.5. The second kappa shape index (κ2) is 9.68. The Morgan fingerprint density at radius 2 is 1.76 bits per heavy atom. The summed E-state index contributed by atoms with van der Waals surface area (Å²) in [7, 11) is 1.82. The number of benzene rings is 2. The van der Waals surface area contributed by atoms with E-state index in [4.69, 9.17) is 5.11 Å². The molecule has 1 aromatic heterocycles. The van der Waals surface area contributed by atoms with Gasteiger partial charge in [-0.3, -0.25) is 9.89 Å². The second-order valence-electron chi connectivity index (χ2n) is 7.07. The van der Waals surface area contributed by atoms with Gasteiger partial charge in [-0.05, 0) is 43.0 Å². The number of carbonyl (C=O) groups excluding carboxylic acids is 1. The number of carboxylic acid groups (broad SMARTS) is 1. The normalized spacial score (nSPS) is 10.7. The molecule has 0 saturated heterocycles. The Kier molecular flexibility index (Phi) is 6.79. The van der Waals surface area contributed by atoms with Crippen molar-refractivity contribution < 1.29 is 14.7 Å². The third-order valence-electron chi connectivity index (χ3n) is 4.89. The highest BCUT2D eigenvalue weighted by atomic mass is 16.4. The first kappa shape index (κ1) is 20.3. The molecule has 0 aliphatic heterocycles.